The second-order valence-corrected chi connectivity index (χ2v) is 3.45. The highest BCUT2D eigenvalue weighted by molar-refractivity contribution is 5.96. The van der Waals surface area contributed by atoms with Crippen molar-refractivity contribution in [2.24, 2.45) is 0 Å². The van der Waals surface area contributed by atoms with Crippen LogP contribution in [0.15, 0.2) is 42.7 Å². The van der Waals surface area contributed by atoms with Crippen molar-refractivity contribution < 1.29 is 14.6 Å². The molecule has 1 N–H and O–H groups in total. The molecule has 0 atom stereocenters. The summed E-state index contributed by atoms with van der Waals surface area (Å²) in [5.74, 6) is -0.332. The molecule has 1 heterocycles. The Morgan fingerprint density at radius 2 is 1.94 bits per heavy atom. The van der Waals surface area contributed by atoms with Gasteiger partial charge in [-0.15, -0.1) is 0 Å². The highest BCUT2D eigenvalue weighted by Crippen LogP contribution is 2.27. The quantitative estimate of drug-likeness (QED) is 0.878. The normalized spacial score (nSPS) is 9.94. The van der Waals surface area contributed by atoms with Gasteiger partial charge < -0.3 is 9.84 Å². The van der Waals surface area contributed by atoms with E-state index in [1.54, 1.807) is 43.8 Å². The third kappa shape index (κ3) is 2.25. The molecule has 1 aromatic carbocycles. The molecule has 0 aliphatic rings. The Kier molecular flexibility index (Phi) is 3.05. The Morgan fingerprint density at radius 1 is 1.24 bits per heavy atom. The average Bonchev–Trinajstić information content (AvgIpc) is 2.39. The first-order valence-corrected chi connectivity index (χ1v) is 5.04. The monoisotopic (exact) mass is 229 g/mol. The predicted octanol–water partition coefficient (Wildman–Crippen LogP) is 2.46. The number of rotatable bonds is 3. The molecule has 86 valence electrons. The van der Waals surface area contributed by atoms with Crippen molar-refractivity contribution in [3.63, 3.8) is 0 Å². The van der Waals surface area contributed by atoms with Gasteiger partial charge in [0.15, 0.2) is 0 Å². The smallest absolute Gasteiger partial charge is 0.336 e. The maximum absolute atomic E-state index is 11.1. The van der Waals surface area contributed by atoms with E-state index in [-0.39, 0.29) is 5.56 Å². The van der Waals surface area contributed by atoms with Gasteiger partial charge in [0.1, 0.15) is 5.75 Å². The summed E-state index contributed by atoms with van der Waals surface area (Å²) in [7, 11) is 1.55. The molecule has 4 heteroatoms. The van der Waals surface area contributed by atoms with Gasteiger partial charge in [-0.25, -0.2) is 4.79 Å². The molecule has 0 amide bonds. The molecule has 0 fully saturated rings. The second-order valence-electron chi connectivity index (χ2n) is 3.45. The number of aromatic nitrogens is 1. The minimum absolute atomic E-state index is 0.247. The first-order valence-electron chi connectivity index (χ1n) is 5.04. The third-order valence-electron chi connectivity index (χ3n) is 2.45. The zero-order valence-corrected chi connectivity index (χ0v) is 9.25. The standard InChI is InChI=1S/C13H11NO3/c1-17-10-2-3-11(13(15)16)12(8-10)9-4-6-14-7-5-9/h2-8H,1H3,(H,15,16). The van der Waals surface area contributed by atoms with Crippen LogP contribution in [0.2, 0.25) is 0 Å². The molecule has 1 aromatic heterocycles. The van der Waals surface area contributed by atoms with E-state index in [1.165, 1.54) is 6.07 Å². The van der Waals surface area contributed by atoms with Gasteiger partial charge in [0.05, 0.1) is 12.7 Å². The topological polar surface area (TPSA) is 59.4 Å². The summed E-state index contributed by atoms with van der Waals surface area (Å²) in [6, 6.07) is 8.41. The minimum atomic E-state index is -0.959. The van der Waals surface area contributed by atoms with E-state index < -0.39 is 5.97 Å². The summed E-state index contributed by atoms with van der Waals surface area (Å²) < 4.78 is 5.10. The van der Waals surface area contributed by atoms with Crippen molar-refractivity contribution >= 4 is 5.97 Å². The Labute approximate surface area is 98.5 Å². The molecule has 0 aliphatic heterocycles. The van der Waals surface area contributed by atoms with Crippen molar-refractivity contribution in [3.8, 4) is 16.9 Å². The summed E-state index contributed by atoms with van der Waals surface area (Å²) in [6.45, 7) is 0. The van der Waals surface area contributed by atoms with E-state index in [0.717, 1.165) is 5.56 Å². The minimum Gasteiger partial charge on any atom is -0.497 e. The lowest BCUT2D eigenvalue weighted by Gasteiger charge is -2.08. The molecule has 0 saturated carbocycles. The van der Waals surface area contributed by atoms with Gasteiger partial charge in [-0.2, -0.15) is 0 Å². The van der Waals surface area contributed by atoms with Crippen LogP contribution in [0.4, 0.5) is 0 Å². The maximum atomic E-state index is 11.1. The van der Waals surface area contributed by atoms with Crippen LogP contribution >= 0.6 is 0 Å². The van der Waals surface area contributed by atoms with Crippen LogP contribution in [0.25, 0.3) is 11.1 Å². The number of carbonyl (C=O) groups is 1. The number of carboxylic acids is 1. The van der Waals surface area contributed by atoms with Crippen LogP contribution in [0, 0.1) is 0 Å². The molecule has 0 radical (unpaired) electrons. The maximum Gasteiger partial charge on any atom is 0.336 e. The molecular formula is C13H11NO3. The van der Waals surface area contributed by atoms with Crippen molar-refractivity contribution in [1.29, 1.82) is 0 Å². The number of hydrogen-bond donors (Lipinski definition) is 1. The lowest BCUT2D eigenvalue weighted by molar-refractivity contribution is 0.0697. The number of nitrogens with zero attached hydrogens (tertiary/aromatic N) is 1. The van der Waals surface area contributed by atoms with E-state index in [4.69, 9.17) is 9.84 Å². The lowest BCUT2D eigenvalue weighted by atomic mass is 10.0. The highest BCUT2D eigenvalue weighted by Gasteiger charge is 2.12. The van der Waals surface area contributed by atoms with Crippen molar-refractivity contribution in [3.05, 3.63) is 48.3 Å². The first-order chi connectivity index (χ1) is 8.22. The molecule has 0 aliphatic carbocycles. The first kappa shape index (κ1) is 11.1. The van der Waals surface area contributed by atoms with Crippen LogP contribution in [0.3, 0.4) is 0 Å². The highest BCUT2D eigenvalue weighted by atomic mass is 16.5. The van der Waals surface area contributed by atoms with E-state index in [9.17, 15) is 4.79 Å². The predicted molar refractivity (Wildman–Crippen MR) is 63.2 cm³/mol. The Bertz CT molecular complexity index is 538. The summed E-state index contributed by atoms with van der Waals surface area (Å²) in [5.41, 5.74) is 1.67. The van der Waals surface area contributed by atoms with Gasteiger partial charge in [-0.05, 0) is 41.5 Å². The van der Waals surface area contributed by atoms with Crippen LogP contribution in [0.1, 0.15) is 10.4 Å². The van der Waals surface area contributed by atoms with Crippen LogP contribution < -0.4 is 4.74 Å². The van der Waals surface area contributed by atoms with Crippen LogP contribution in [-0.4, -0.2) is 23.2 Å². The van der Waals surface area contributed by atoms with Crippen LogP contribution in [-0.2, 0) is 0 Å². The van der Waals surface area contributed by atoms with Gasteiger partial charge in [-0.3, -0.25) is 4.98 Å². The number of hydrogen-bond acceptors (Lipinski definition) is 3. The fourth-order valence-electron chi connectivity index (χ4n) is 1.61. The molecule has 17 heavy (non-hydrogen) atoms. The average molecular weight is 229 g/mol. The van der Waals surface area contributed by atoms with Gasteiger partial charge in [-0.1, -0.05) is 0 Å². The Morgan fingerprint density at radius 3 is 2.53 bits per heavy atom. The fourth-order valence-corrected chi connectivity index (χ4v) is 1.61. The molecule has 2 rings (SSSR count). The number of ether oxygens (including phenoxy) is 1. The molecule has 0 bridgehead atoms. The number of carboxylic acid groups (broad SMARTS) is 1. The lowest BCUT2D eigenvalue weighted by Crippen LogP contribution is -2.00. The number of pyridine rings is 1. The zero-order valence-electron chi connectivity index (χ0n) is 9.25. The summed E-state index contributed by atoms with van der Waals surface area (Å²) >= 11 is 0. The Hall–Kier alpha value is -2.36. The van der Waals surface area contributed by atoms with Gasteiger partial charge >= 0.3 is 5.97 Å². The van der Waals surface area contributed by atoms with E-state index in [1.807, 2.05) is 0 Å². The third-order valence-corrected chi connectivity index (χ3v) is 2.45. The molecule has 0 unspecified atom stereocenters. The zero-order chi connectivity index (χ0) is 12.3. The molecular weight excluding hydrogens is 218 g/mol. The molecule has 0 spiro atoms. The summed E-state index contributed by atoms with van der Waals surface area (Å²) in [6.07, 6.45) is 3.25. The number of methoxy groups -OCH3 is 1. The number of aromatic carboxylic acids is 1. The SMILES string of the molecule is COc1ccc(C(=O)O)c(-c2ccncc2)c1. The van der Waals surface area contributed by atoms with E-state index >= 15 is 0 Å². The molecule has 0 saturated heterocycles. The molecule has 4 nitrogen and oxygen atoms in total. The van der Waals surface area contributed by atoms with Gasteiger partial charge in [0, 0.05) is 12.4 Å². The Balaban J connectivity index is 2.61. The summed E-state index contributed by atoms with van der Waals surface area (Å²) in [5, 5.41) is 9.13. The fraction of sp³-hybridized carbons (Fsp3) is 0.0769. The number of benzene rings is 1. The summed E-state index contributed by atoms with van der Waals surface area (Å²) in [4.78, 5) is 15.0. The van der Waals surface area contributed by atoms with E-state index in [0.29, 0.717) is 11.3 Å². The van der Waals surface area contributed by atoms with Crippen molar-refractivity contribution in [2.75, 3.05) is 7.11 Å². The second kappa shape index (κ2) is 4.65. The van der Waals surface area contributed by atoms with Gasteiger partial charge in [0.25, 0.3) is 0 Å². The molecule has 2 aromatic rings. The van der Waals surface area contributed by atoms with Crippen molar-refractivity contribution in [1.82, 2.24) is 4.98 Å². The van der Waals surface area contributed by atoms with Crippen molar-refractivity contribution in [2.45, 2.75) is 0 Å². The van der Waals surface area contributed by atoms with E-state index in [2.05, 4.69) is 4.98 Å². The van der Waals surface area contributed by atoms with Crippen LogP contribution in [0.5, 0.6) is 5.75 Å². The largest absolute Gasteiger partial charge is 0.497 e. The van der Waals surface area contributed by atoms with Gasteiger partial charge in [0.2, 0.25) is 0 Å².